The van der Waals surface area contributed by atoms with Crippen molar-refractivity contribution in [3.63, 3.8) is 0 Å². The Morgan fingerprint density at radius 1 is 1.38 bits per heavy atom. The molecule has 0 unspecified atom stereocenters. The van der Waals surface area contributed by atoms with Crippen LogP contribution < -0.4 is 0 Å². The summed E-state index contributed by atoms with van der Waals surface area (Å²) in [5, 5.41) is 9.04. The van der Waals surface area contributed by atoms with Crippen LogP contribution in [0.1, 0.15) is 5.56 Å². The molecule has 0 bridgehead atoms. The van der Waals surface area contributed by atoms with Crippen LogP contribution in [0.25, 0.3) is 0 Å². The fourth-order valence-electron chi connectivity index (χ4n) is 1.82. The number of aliphatic hydroxyl groups excluding tert-OH is 1. The summed E-state index contributed by atoms with van der Waals surface area (Å²) in [7, 11) is 2.06. The molecule has 0 fully saturated rings. The highest BCUT2D eigenvalue weighted by Gasteiger charge is 2.19. The maximum Gasteiger partial charge on any atom is 0.123 e. The summed E-state index contributed by atoms with van der Waals surface area (Å²) in [5.41, 5.74) is 1.07. The van der Waals surface area contributed by atoms with Gasteiger partial charge in [0.15, 0.2) is 0 Å². The summed E-state index contributed by atoms with van der Waals surface area (Å²) < 4.78 is 13.4. The van der Waals surface area contributed by atoms with Gasteiger partial charge >= 0.3 is 0 Å². The predicted octanol–water partition coefficient (Wildman–Crippen LogP) is 1.95. The molecule has 1 atom stereocenters. The van der Waals surface area contributed by atoms with Crippen molar-refractivity contribution in [1.29, 1.82) is 0 Å². The first-order chi connectivity index (χ1) is 7.59. The number of hydrogen-bond donors (Lipinski definition) is 1. The largest absolute Gasteiger partial charge is 0.391 e. The van der Waals surface area contributed by atoms with Gasteiger partial charge in [-0.25, -0.2) is 4.39 Å². The van der Waals surface area contributed by atoms with E-state index in [0.717, 1.165) is 18.7 Å². The van der Waals surface area contributed by atoms with E-state index in [1.54, 1.807) is 12.1 Å². The van der Waals surface area contributed by atoms with Crippen LogP contribution in [0.2, 0.25) is 0 Å². The Balaban J connectivity index is 2.74. The van der Waals surface area contributed by atoms with Crippen molar-refractivity contribution < 1.29 is 14.0 Å². The molecule has 16 heavy (non-hydrogen) atoms. The van der Waals surface area contributed by atoms with Gasteiger partial charge in [-0.05, 0) is 18.2 Å². The molecule has 0 saturated heterocycles. The minimum atomic E-state index is -0.219. The number of benzene rings is 1. The highest BCUT2D eigenvalue weighted by molar-refractivity contribution is 5.15. The third kappa shape index (κ3) is 3.76. The molecular weight excluding hydrogens is 205 g/mol. The highest BCUT2D eigenvalue weighted by Crippen LogP contribution is 2.12. The summed E-state index contributed by atoms with van der Waals surface area (Å²) in [6.45, 7) is 6.10. The molecule has 0 amide bonds. The second kappa shape index (κ2) is 5.77. The number of hydrogen-bond acceptors (Lipinski definition) is 1. The topological polar surface area (TPSA) is 20.2 Å². The standard InChI is InChI=1S/C13H19FNO/c1-3-8-15(2,9-10-16)11-12-4-6-13(14)7-5-12/h3-7,16H,1,8-11H2,2H3/q+1/t15-/m1/s1. The Morgan fingerprint density at radius 2 is 2.00 bits per heavy atom. The van der Waals surface area contributed by atoms with Gasteiger partial charge in [0, 0.05) is 5.56 Å². The SMILES string of the molecule is C=CC[N@+](C)(CCO)Cc1ccc(F)cc1. The van der Waals surface area contributed by atoms with Gasteiger partial charge in [0.05, 0.1) is 20.2 Å². The van der Waals surface area contributed by atoms with Crippen LogP contribution in [0.15, 0.2) is 36.9 Å². The van der Waals surface area contributed by atoms with E-state index in [-0.39, 0.29) is 12.4 Å². The number of rotatable bonds is 6. The maximum atomic E-state index is 12.8. The van der Waals surface area contributed by atoms with Gasteiger partial charge in [-0.3, -0.25) is 0 Å². The van der Waals surface area contributed by atoms with Gasteiger partial charge in [0.1, 0.15) is 18.9 Å². The molecular formula is C13H19FNO+. The van der Waals surface area contributed by atoms with Crippen LogP contribution in [0.5, 0.6) is 0 Å². The van der Waals surface area contributed by atoms with Crippen molar-refractivity contribution in [3.8, 4) is 0 Å². The lowest BCUT2D eigenvalue weighted by Crippen LogP contribution is -2.45. The number of quaternary nitrogens is 1. The van der Waals surface area contributed by atoms with Crippen molar-refractivity contribution in [2.45, 2.75) is 6.54 Å². The maximum absolute atomic E-state index is 12.8. The smallest absolute Gasteiger partial charge is 0.123 e. The molecule has 3 heteroatoms. The fraction of sp³-hybridized carbons (Fsp3) is 0.385. The molecule has 0 aliphatic rings. The fourth-order valence-corrected chi connectivity index (χ4v) is 1.82. The summed E-state index contributed by atoms with van der Waals surface area (Å²) in [5.74, 6) is -0.219. The lowest BCUT2D eigenvalue weighted by molar-refractivity contribution is -0.917. The molecule has 1 aromatic carbocycles. The third-order valence-corrected chi connectivity index (χ3v) is 2.69. The quantitative estimate of drug-likeness (QED) is 0.578. The highest BCUT2D eigenvalue weighted by atomic mass is 19.1. The van der Waals surface area contributed by atoms with E-state index in [2.05, 4.69) is 13.6 Å². The van der Waals surface area contributed by atoms with Crippen LogP contribution in [0.4, 0.5) is 4.39 Å². The molecule has 0 aliphatic carbocycles. The summed E-state index contributed by atoms with van der Waals surface area (Å²) in [6, 6.07) is 6.50. The van der Waals surface area contributed by atoms with Gasteiger partial charge in [-0.15, -0.1) is 0 Å². The second-order valence-corrected chi connectivity index (χ2v) is 4.32. The van der Waals surface area contributed by atoms with Gasteiger partial charge in [-0.1, -0.05) is 18.7 Å². The average Bonchev–Trinajstić information content (AvgIpc) is 2.22. The van der Waals surface area contributed by atoms with Gasteiger partial charge in [-0.2, -0.15) is 0 Å². The van der Waals surface area contributed by atoms with Crippen LogP contribution in [-0.4, -0.2) is 36.3 Å². The zero-order valence-corrected chi connectivity index (χ0v) is 9.69. The summed E-state index contributed by atoms with van der Waals surface area (Å²) >= 11 is 0. The zero-order valence-electron chi connectivity index (χ0n) is 9.69. The molecule has 0 radical (unpaired) electrons. The second-order valence-electron chi connectivity index (χ2n) is 4.32. The number of halogens is 1. The van der Waals surface area contributed by atoms with Crippen molar-refractivity contribution in [2.75, 3.05) is 26.7 Å². The Morgan fingerprint density at radius 3 is 2.50 bits per heavy atom. The molecule has 0 spiro atoms. The predicted molar refractivity (Wildman–Crippen MR) is 63.3 cm³/mol. The summed E-state index contributed by atoms with van der Waals surface area (Å²) in [4.78, 5) is 0. The summed E-state index contributed by atoms with van der Waals surface area (Å²) in [6.07, 6.45) is 1.85. The van der Waals surface area contributed by atoms with E-state index < -0.39 is 0 Å². The van der Waals surface area contributed by atoms with Crippen molar-refractivity contribution >= 4 is 0 Å². The van der Waals surface area contributed by atoms with Crippen molar-refractivity contribution in [1.82, 2.24) is 0 Å². The molecule has 0 saturated carbocycles. The molecule has 1 rings (SSSR count). The first-order valence-corrected chi connectivity index (χ1v) is 5.39. The van der Waals surface area contributed by atoms with Crippen LogP contribution >= 0.6 is 0 Å². The van der Waals surface area contributed by atoms with E-state index in [9.17, 15) is 4.39 Å². The normalized spacial score (nSPS) is 14.4. The Bertz CT molecular complexity index is 336. The Labute approximate surface area is 96.2 Å². The van der Waals surface area contributed by atoms with Gasteiger partial charge in [0.25, 0.3) is 0 Å². The monoisotopic (exact) mass is 224 g/mol. The van der Waals surface area contributed by atoms with Crippen molar-refractivity contribution in [3.05, 3.63) is 48.3 Å². The lowest BCUT2D eigenvalue weighted by atomic mass is 10.2. The molecule has 0 heterocycles. The average molecular weight is 224 g/mol. The van der Waals surface area contributed by atoms with Gasteiger partial charge < -0.3 is 9.59 Å². The number of likely N-dealkylation sites (N-methyl/N-ethyl adjacent to an activating group) is 1. The molecule has 0 aromatic heterocycles. The molecule has 88 valence electrons. The Kier molecular flexibility index (Phi) is 4.65. The van der Waals surface area contributed by atoms with Gasteiger partial charge in [0.2, 0.25) is 0 Å². The Hall–Kier alpha value is -1.19. The lowest BCUT2D eigenvalue weighted by Gasteiger charge is -2.33. The van der Waals surface area contributed by atoms with Crippen LogP contribution in [0.3, 0.4) is 0 Å². The van der Waals surface area contributed by atoms with E-state index in [0.29, 0.717) is 11.0 Å². The first-order valence-electron chi connectivity index (χ1n) is 5.39. The number of nitrogens with zero attached hydrogens (tertiary/aromatic N) is 1. The molecule has 1 aromatic rings. The van der Waals surface area contributed by atoms with E-state index >= 15 is 0 Å². The molecule has 0 aliphatic heterocycles. The zero-order chi connectivity index (χ0) is 12.0. The first kappa shape index (κ1) is 12.9. The molecule has 1 N–H and O–H groups in total. The minimum Gasteiger partial charge on any atom is -0.391 e. The van der Waals surface area contributed by atoms with Crippen LogP contribution in [0, 0.1) is 5.82 Å². The van der Waals surface area contributed by atoms with Crippen molar-refractivity contribution in [2.24, 2.45) is 0 Å². The minimum absolute atomic E-state index is 0.144. The number of aliphatic hydroxyl groups is 1. The third-order valence-electron chi connectivity index (χ3n) is 2.69. The van der Waals surface area contributed by atoms with Crippen LogP contribution in [-0.2, 0) is 6.54 Å². The van der Waals surface area contributed by atoms with E-state index in [1.807, 2.05) is 6.08 Å². The van der Waals surface area contributed by atoms with E-state index in [4.69, 9.17) is 5.11 Å². The molecule has 2 nitrogen and oxygen atoms in total. The van der Waals surface area contributed by atoms with E-state index in [1.165, 1.54) is 12.1 Å².